The summed E-state index contributed by atoms with van der Waals surface area (Å²) >= 11 is 12.1. The third-order valence-corrected chi connectivity index (χ3v) is 6.51. The Balaban J connectivity index is 1.50. The van der Waals surface area contributed by atoms with Crippen molar-refractivity contribution in [3.05, 3.63) is 58.7 Å². The largest absolute Gasteiger partial charge is 0.494 e. The first-order valence-electron chi connectivity index (χ1n) is 10.5. The number of alkyl halides is 2. The molecule has 1 aromatic heterocycles. The van der Waals surface area contributed by atoms with E-state index >= 15 is 0 Å². The van der Waals surface area contributed by atoms with E-state index in [0.29, 0.717) is 59.0 Å². The van der Waals surface area contributed by atoms with Crippen molar-refractivity contribution >= 4 is 23.2 Å². The number of halogens is 4. The number of aromatic hydroxyl groups is 1. The maximum Gasteiger partial charge on any atom is 0.250 e. The van der Waals surface area contributed by atoms with Gasteiger partial charge in [-0.1, -0.05) is 29.3 Å². The van der Waals surface area contributed by atoms with Gasteiger partial charge in [0, 0.05) is 50.3 Å². The van der Waals surface area contributed by atoms with Crippen LogP contribution in [0.4, 0.5) is 8.78 Å². The fourth-order valence-electron chi connectivity index (χ4n) is 3.84. The highest BCUT2D eigenvalue weighted by Gasteiger charge is 2.33. The Kier molecular flexibility index (Phi) is 7.02. The molecule has 1 aliphatic rings. The number of ether oxygens (including phenoxy) is 2. The maximum absolute atomic E-state index is 13.3. The summed E-state index contributed by atoms with van der Waals surface area (Å²) in [5.41, 5.74) is 2.01. The van der Waals surface area contributed by atoms with Crippen molar-refractivity contribution < 1.29 is 23.4 Å². The van der Waals surface area contributed by atoms with Crippen LogP contribution in [-0.4, -0.2) is 53.8 Å². The van der Waals surface area contributed by atoms with E-state index in [-0.39, 0.29) is 18.7 Å². The van der Waals surface area contributed by atoms with Gasteiger partial charge in [0.25, 0.3) is 5.92 Å². The van der Waals surface area contributed by atoms with Crippen LogP contribution in [0.15, 0.2) is 48.7 Å². The molecule has 33 heavy (non-hydrogen) atoms. The number of nitrogens with zero attached hydrogens (tertiary/aromatic N) is 2. The van der Waals surface area contributed by atoms with Gasteiger partial charge in [0.2, 0.25) is 5.88 Å². The Bertz CT molecular complexity index is 1130. The summed E-state index contributed by atoms with van der Waals surface area (Å²) in [5.74, 6) is -1.48. The molecule has 176 valence electrons. The third kappa shape index (κ3) is 5.37. The van der Waals surface area contributed by atoms with Crippen LogP contribution in [0.5, 0.6) is 17.4 Å². The molecule has 1 saturated heterocycles. The summed E-state index contributed by atoms with van der Waals surface area (Å²) in [7, 11) is 1.55. The number of aromatic nitrogens is 1. The maximum atomic E-state index is 13.3. The Labute approximate surface area is 201 Å². The van der Waals surface area contributed by atoms with Crippen molar-refractivity contribution in [2.75, 3.05) is 33.4 Å². The zero-order valence-electron chi connectivity index (χ0n) is 18.0. The zero-order valence-corrected chi connectivity index (χ0v) is 19.5. The minimum atomic E-state index is -2.57. The van der Waals surface area contributed by atoms with Crippen LogP contribution < -0.4 is 9.47 Å². The van der Waals surface area contributed by atoms with E-state index in [1.54, 1.807) is 60.3 Å². The van der Waals surface area contributed by atoms with E-state index in [9.17, 15) is 13.9 Å². The van der Waals surface area contributed by atoms with Crippen LogP contribution in [-0.2, 0) is 0 Å². The van der Waals surface area contributed by atoms with E-state index in [4.69, 9.17) is 32.7 Å². The number of piperidine rings is 1. The molecule has 5 nitrogen and oxygen atoms in total. The van der Waals surface area contributed by atoms with Crippen LogP contribution >= 0.6 is 23.2 Å². The number of hydrogen-bond donors (Lipinski definition) is 1. The molecule has 0 atom stereocenters. The van der Waals surface area contributed by atoms with Crippen LogP contribution in [0.2, 0.25) is 10.0 Å². The van der Waals surface area contributed by atoms with Gasteiger partial charge in [0.1, 0.15) is 6.61 Å². The molecule has 9 heteroatoms. The van der Waals surface area contributed by atoms with Crippen molar-refractivity contribution in [3.63, 3.8) is 0 Å². The standard InChI is InChI=1S/C24H24Cl2F2N2O3/c1-32-21-5-3-17(15-22(21)33-13-12-29-10-7-24(27,28)8-11-29)30-9-6-18(23(30)31)16-2-4-19(25)20(26)14-16/h2-6,9,14-15,31H,7-8,10-13H2,1H3. The van der Waals surface area contributed by atoms with Gasteiger partial charge in [0.15, 0.2) is 11.5 Å². The zero-order chi connectivity index (χ0) is 23.6. The van der Waals surface area contributed by atoms with Crippen molar-refractivity contribution in [3.8, 4) is 34.2 Å². The van der Waals surface area contributed by atoms with Crippen molar-refractivity contribution in [1.82, 2.24) is 9.47 Å². The molecule has 0 saturated carbocycles. The van der Waals surface area contributed by atoms with Crippen LogP contribution in [0.25, 0.3) is 16.8 Å². The molecule has 0 radical (unpaired) electrons. The van der Waals surface area contributed by atoms with E-state index in [1.165, 1.54) is 0 Å². The highest BCUT2D eigenvalue weighted by Crippen LogP contribution is 2.37. The Morgan fingerprint density at radius 1 is 1.00 bits per heavy atom. The fraction of sp³-hybridized carbons (Fsp3) is 0.333. The van der Waals surface area contributed by atoms with Gasteiger partial charge in [-0.15, -0.1) is 0 Å². The first kappa shape index (κ1) is 23.7. The second kappa shape index (κ2) is 9.79. The normalized spacial score (nSPS) is 16.0. The summed E-state index contributed by atoms with van der Waals surface area (Å²) in [6.07, 6.45) is 1.49. The van der Waals surface area contributed by atoms with Gasteiger partial charge in [-0.2, -0.15) is 0 Å². The van der Waals surface area contributed by atoms with E-state index in [0.717, 1.165) is 5.56 Å². The summed E-state index contributed by atoms with van der Waals surface area (Å²) < 4.78 is 39.6. The van der Waals surface area contributed by atoms with E-state index in [2.05, 4.69) is 0 Å². The summed E-state index contributed by atoms with van der Waals surface area (Å²) in [5, 5.41) is 11.7. The van der Waals surface area contributed by atoms with Crippen molar-refractivity contribution in [2.45, 2.75) is 18.8 Å². The topological polar surface area (TPSA) is 46.9 Å². The lowest BCUT2D eigenvalue weighted by Crippen LogP contribution is -2.41. The lowest BCUT2D eigenvalue weighted by Gasteiger charge is -2.31. The highest BCUT2D eigenvalue weighted by atomic mass is 35.5. The van der Waals surface area contributed by atoms with Crippen LogP contribution in [0.3, 0.4) is 0 Å². The predicted octanol–water partition coefficient (Wildman–Crippen LogP) is 6.28. The number of rotatable bonds is 7. The van der Waals surface area contributed by atoms with Crippen molar-refractivity contribution in [2.24, 2.45) is 0 Å². The lowest BCUT2D eigenvalue weighted by atomic mass is 10.1. The minimum absolute atomic E-state index is 0.0405. The Morgan fingerprint density at radius 3 is 2.45 bits per heavy atom. The molecule has 4 rings (SSSR count). The molecule has 3 aromatic rings. The first-order valence-corrected chi connectivity index (χ1v) is 11.3. The number of likely N-dealkylation sites (tertiary alicyclic amines) is 1. The molecule has 0 unspecified atom stereocenters. The molecular formula is C24H24Cl2F2N2O3. The summed E-state index contributed by atoms with van der Waals surface area (Å²) in [6, 6.07) is 12.3. The van der Waals surface area contributed by atoms with Gasteiger partial charge in [-0.3, -0.25) is 9.47 Å². The molecule has 0 spiro atoms. The lowest BCUT2D eigenvalue weighted by molar-refractivity contribution is -0.0564. The molecule has 0 aliphatic carbocycles. The van der Waals surface area contributed by atoms with Gasteiger partial charge in [-0.25, -0.2) is 8.78 Å². The third-order valence-electron chi connectivity index (χ3n) is 5.77. The van der Waals surface area contributed by atoms with Crippen LogP contribution in [0, 0.1) is 0 Å². The smallest absolute Gasteiger partial charge is 0.250 e. The minimum Gasteiger partial charge on any atom is -0.494 e. The molecule has 0 amide bonds. The second-order valence-corrected chi connectivity index (χ2v) is 8.75. The monoisotopic (exact) mass is 496 g/mol. The van der Waals surface area contributed by atoms with Gasteiger partial charge in [0.05, 0.1) is 22.8 Å². The van der Waals surface area contributed by atoms with Crippen LogP contribution in [0.1, 0.15) is 12.8 Å². The van der Waals surface area contributed by atoms with Gasteiger partial charge in [-0.05, 0) is 35.9 Å². The average Bonchev–Trinajstić information content (AvgIpc) is 3.18. The summed E-state index contributed by atoms with van der Waals surface area (Å²) in [4.78, 5) is 1.97. The SMILES string of the molecule is COc1ccc(-n2ccc(-c3ccc(Cl)c(Cl)c3)c2O)cc1OCCN1CCC(F)(F)CC1. The van der Waals surface area contributed by atoms with E-state index in [1.807, 2.05) is 4.90 Å². The molecule has 2 aromatic carbocycles. The molecule has 1 N–H and O–H groups in total. The molecular weight excluding hydrogens is 473 g/mol. The average molecular weight is 497 g/mol. The first-order chi connectivity index (χ1) is 15.8. The number of benzene rings is 2. The fourth-order valence-corrected chi connectivity index (χ4v) is 4.14. The second-order valence-electron chi connectivity index (χ2n) is 7.93. The summed E-state index contributed by atoms with van der Waals surface area (Å²) in [6.45, 7) is 1.57. The number of methoxy groups -OCH3 is 1. The van der Waals surface area contributed by atoms with Crippen molar-refractivity contribution in [1.29, 1.82) is 0 Å². The van der Waals surface area contributed by atoms with Gasteiger partial charge < -0.3 is 14.6 Å². The predicted molar refractivity (Wildman–Crippen MR) is 126 cm³/mol. The molecule has 1 fully saturated rings. The Hall–Kier alpha value is -2.48. The van der Waals surface area contributed by atoms with Gasteiger partial charge >= 0.3 is 0 Å². The molecule has 1 aliphatic heterocycles. The molecule has 0 bridgehead atoms. The molecule has 2 heterocycles. The van der Waals surface area contributed by atoms with E-state index < -0.39 is 5.92 Å². The quantitative estimate of drug-likeness (QED) is 0.418. The Morgan fingerprint density at radius 2 is 1.76 bits per heavy atom. The number of hydrogen-bond acceptors (Lipinski definition) is 4. The highest BCUT2D eigenvalue weighted by molar-refractivity contribution is 6.42.